The quantitative estimate of drug-likeness (QED) is 0.842. The second-order valence-electron chi connectivity index (χ2n) is 5.17. The zero-order valence-electron chi connectivity index (χ0n) is 12.1. The van der Waals surface area contributed by atoms with Crippen LogP contribution in [-0.2, 0) is 6.42 Å². The van der Waals surface area contributed by atoms with Crippen molar-refractivity contribution in [3.63, 3.8) is 0 Å². The smallest absolute Gasteiger partial charge is 0.0325 e. The summed E-state index contributed by atoms with van der Waals surface area (Å²) in [5.41, 5.74) is 5.63. The van der Waals surface area contributed by atoms with E-state index in [0.29, 0.717) is 6.04 Å². The first-order valence-corrected chi connectivity index (χ1v) is 6.99. The molecule has 0 heterocycles. The molecule has 2 rings (SSSR count). The van der Waals surface area contributed by atoms with E-state index < -0.39 is 0 Å². The normalized spacial score (nSPS) is 12.4. The molecule has 0 fully saturated rings. The van der Waals surface area contributed by atoms with E-state index in [1.54, 1.807) is 0 Å². The van der Waals surface area contributed by atoms with Crippen LogP contribution in [0.1, 0.15) is 34.7 Å². The van der Waals surface area contributed by atoms with E-state index in [4.69, 9.17) is 0 Å². The summed E-state index contributed by atoms with van der Waals surface area (Å²) in [6, 6.07) is 17.7. The van der Waals surface area contributed by atoms with E-state index in [1.807, 2.05) is 0 Å². The summed E-state index contributed by atoms with van der Waals surface area (Å²) < 4.78 is 0. The van der Waals surface area contributed by atoms with E-state index in [9.17, 15) is 0 Å². The van der Waals surface area contributed by atoms with E-state index in [1.165, 1.54) is 22.3 Å². The number of hydrogen-bond donors (Lipinski definition) is 1. The lowest BCUT2D eigenvalue weighted by atomic mass is 9.92. The summed E-state index contributed by atoms with van der Waals surface area (Å²) in [6.07, 6.45) is 2.24. The lowest BCUT2D eigenvalue weighted by Crippen LogP contribution is -2.19. The maximum absolute atomic E-state index is 3.47. The molecule has 1 atom stereocenters. The summed E-state index contributed by atoms with van der Waals surface area (Å²) in [7, 11) is 2.06. The fraction of sp³-hybridized carbons (Fsp3) is 0.333. The number of aryl methyl sites for hydroxylation is 3. The van der Waals surface area contributed by atoms with E-state index in [2.05, 4.69) is 74.7 Å². The molecule has 0 amide bonds. The summed E-state index contributed by atoms with van der Waals surface area (Å²) in [4.78, 5) is 0. The topological polar surface area (TPSA) is 12.0 Å². The Labute approximate surface area is 116 Å². The second kappa shape index (κ2) is 6.53. The molecule has 100 valence electrons. The molecule has 0 aliphatic rings. The monoisotopic (exact) mass is 253 g/mol. The molecule has 0 bridgehead atoms. The Morgan fingerprint density at radius 1 is 0.895 bits per heavy atom. The molecule has 0 spiro atoms. The Hall–Kier alpha value is -1.60. The molecule has 2 aromatic rings. The number of benzene rings is 2. The van der Waals surface area contributed by atoms with Gasteiger partial charge in [0.25, 0.3) is 0 Å². The summed E-state index contributed by atoms with van der Waals surface area (Å²) in [5.74, 6) is 0. The van der Waals surface area contributed by atoms with Crippen LogP contribution in [0.5, 0.6) is 0 Å². The van der Waals surface area contributed by atoms with Gasteiger partial charge in [-0.2, -0.15) is 0 Å². The third-order valence-corrected chi connectivity index (χ3v) is 3.80. The van der Waals surface area contributed by atoms with Crippen molar-refractivity contribution in [1.82, 2.24) is 5.32 Å². The van der Waals surface area contributed by atoms with Crippen molar-refractivity contribution in [1.29, 1.82) is 0 Å². The molecule has 0 aliphatic heterocycles. The fourth-order valence-corrected chi connectivity index (χ4v) is 2.77. The van der Waals surface area contributed by atoms with Crippen LogP contribution < -0.4 is 5.32 Å². The highest BCUT2D eigenvalue weighted by Gasteiger charge is 2.13. The minimum Gasteiger partial charge on any atom is -0.313 e. The van der Waals surface area contributed by atoms with Gasteiger partial charge in [-0.1, -0.05) is 48.5 Å². The molecule has 1 heteroatoms. The van der Waals surface area contributed by atoms with Gasteiger partial charge in [-0.3, -0.25) is 0 Å². The number of rotatable bonds is 5. The molecule has 1 N–H and O–H groups in total. The molecular formula is C18H23N. The third-order valence-electron chi connectivity index (χ3n) is 3.80. The van der Waals surface area contributed by atoms with Crippen LogP contribution in [0.4, 0.5) is 0 Å². The van der Waals surface area contributed by atoms with Gasteiger partial charge in [-0.15, -0.1) is 0 Å². The molecule has 1 nitrogen and oxygen atoms in total. The summed E-state index contributed by atoms with van der Waals surface area (Å²) >= 11 is 0. The molecule has 0 aliphatic carbocycles. The first kappa shape index (κ1) is 13.8. The van der Waals surface area contributed by atoms with Gasteiger partial charge < -0.3 is 5.32 Å². The molecule has 0 saturated carbocycles. The molecule has 2 aromatic carbocycles. The van der Waals surface area contributed by atoms with Crippen LogP contribution in [-0.4, -0.2) is 7.05 Å². The van der Waals surface area contributed by atoms with Crippen molar-refractivity contribution in [2.24, 2.45) is 0 Å². The fourth-order valence-electron chi connectivity index (χ4n) is 2.77. The number of hydrogen-bond acceptors (Lipinski definition) is 1. The highest BCUT2D eigenvalue weighted by atomic mass is 14.9. The Morgan fingerprint density at radius 3 is 2.11 bits per heavy atom. The second-order valence-corrected chi connectivity index (χ2v) is 5.17. The first-order valence-electron chi connectivity index (χ1n) is 6.99. The first-order chi connectivity index (χ1) is 9.22. The largest absolute Gasteiger partial charge is 0.313 e. The highest BCUT2D eigenvalue weighted by Crippen LogP contribution is 2.25. The van der Waals surface area contributed by atoms with Crippen molar-refractivity contribution in [3.8, 4) is 0 Å². The van der Waals surface area contributed by atoms with Crippen LogP contribution >= 0.6 is 0 Å². The Morgan fingerprint density at radius 2 is 1.53 bits per heavy atom. The number of nitrogens with one attached hydrogen (secondary N) is 1. The SMILES string of the molecule is CNC(CCc1ccccc1)c1c(C)cccc1C. The average Bonchev–Trinajstić information content (AvgIpc) is 2.43. The van der Waals surface area contributed by atoms with E-state index in [-0.39, 0.29) is 0 Å². The maximum Gasteiger partial charge on any atom is 0.0325 e. The van der Waals surface area contributed by atoms with Crippen LogP contribution in [0.15, 0.2) is 48.5 Å². The van der Waals surface area contributed by atoms with Crippen LogP contribution in [0.3, 0.4) is 0 Å². The predicted molar refractivity (Wildman–Crippen MR) is 82.5 cm³/mol. The van der Waals surface area contributed by atoms with Gasteiger partial charge in [0.1, 0.15) is 0 Å². The van der Waals surface area contributed by atoms with Crippen LogP contribution in [0.25, 0.3) is 0 Å². The minimum atomic E-state index is 0.432. The molecule has 19 heavy (non-hydrogen) atoms. The molecule has 1 unspecified atom stereocenters. The Bertz CT molecular complexity index is 496. The van der Waals surface area contributed by atoms with E-state index >= 15 is 0 Å². The molecular weight excluding hydrogens is 230 g/mol. The molecule has 0 aromatic heterocycles. The zero-order valence-corrected chi connectivity index (χ0v) is 12.1. The van der Waals surface area contributed by atoms with Crippen LogP contribution in [0.2, 0.25) is 0 Å². The highest BCUT2D eigenvalue weighted by molar-refractivity contribution is 5.36. The summed E-state index contributed by atoms with van der Waals surface area (Å²) in [6.45, 7) is 4.41. The van der Waals surface area contributed by atoms with Crippen molar-refractivity contribution < 1.29 is 0 Å². The van der Waals surface area contributed by atoms with Gasteiger partial charge in [-0.25, -0.2) is 0 Å². The van der Waals surface area contributed by atoms with Gasteiger partial charge in [0, 0.05) is 6.04 Å². The van der Waals surface area contributed by atoms with Crippen molar-refractivity contribution in [2.45, 2.75) is 32.7 Å². The van der Waals surface area contributed by atoms with Gasteiger partial charge in [0.15, 0.2) is 0 Å². The Balaban J connectivity index is 2.12. The van der Waals surface area contributed by atoms with Gasteiger partial charge in [0.2, 0.25) is 0 Å². The molecule has 0 radical (unpaired) electrons. The van der Waals surface area contributed by atoms with Crippen molar-refractivity contribution >= 4 is 0 Å². The van der Waals surface area contributed by atoms with Gasteiger partial charge in [0.05, 0.1) is 0 Å². The van der Waals surface area contributed by atoms with Gasteiger partial charge in [-0.05, 0) is 56.0 Å². The average molecular weight is 253 g/mol. The molecule has 0 saturated heterocycles. The Kier molecular flexibility index (Phi) is 4.75. The van der Waals surface area contributed by atoms with Gasteiger partial charge >= 0.3 is 0 Å². The zero-order chi connectivity index (χ0) is 13.7. The third kappa shape index (κ3) is 3.45. The summed E-state index contributed by atoms with van der Waals surface area (Å²) in [5, 5.41) is 3.47. The van der Waals surface area contributed by atoms with Crippen molar-refractivity contribution in [2.75, 3.05) is 7.05 Å². The van der Waals surface area contributed by atoms with E-state index in [0.717, 1.165) is 12.8 Å². The van der Waals surface area contributed by atoms with Crippen LogP contribution in [0, 0.1) is 13.8 Å². The lowest BCUT2D eigenvalue weighted by Gasteiger charge is -2.21. The minimum absolute atomic E-state index is 0.432. The predicted octanol–water partition coefficient (Wildman–Crippen LogP) is 4.20. The standard InChI is InChI=1S/C18H23N/c1-14-8-7-9-15(2)18(14)17(19-3)13-12-16-10-5-4-6-11-16/h4-11,17,19H,12-13H2,1-3H3. The maximum atomic E-state index is 3.47. The van der Waals surface area contributed by atoms with Crippen molar-refractivity contribution in [3.05, 3.63) is 70.8 Å². The lowest BCUT2D eigenvalue weighted by molar-refractivity contribution is 0.544.